The van der Waals surface area contributed by atoms with Crippen molar-refractivity contribution in [3.8, 4) is 0 Å². The van der Waals surface area contributed by atoms with Crippen molar-refractivity contribution in [1.29, 1.82) is 0 Å². The minimum atomic E-state index is -0.435. The van der Waals surface area contributed by atoms with E-state index in [1.807, 2.05) is 0 Å². The van der Waals surface area contributed by atoms with Gasteiger partial charge in [-0.25, -0.2) is 9.37 Å². The maximum absolute atomic E-state index is 12.9. The quantitative estimate of drug-likeness (QED) is 0.843. The number of halogens is 1. The maximum Gasteiger partial charge on any atom is 0.271 e. The fourth-order valence-electron chi connectivity index (χ4n) is 1.39. The van der Waals surface area contributed by atoms with E-state index in [2.05, 4.69) is 15.3 Å². The van der Waals surface area contributed by atoms with Crippen LogP contribution in [0.2, 0.25) is 0 Å². The van der Waals surface area contributed by atoms with Crippen molar-refractivity contribution in [3.63, 3.8) is 0 Å². The predicted molar refractivity (Wildman–Crippen MR) is 62.4 cm³/mol. The molecule has 1 aromatic heterocycles. The molecule has 1 heterocycles. The maximum atomic E-state index is 12.9. The molecule has 1 aromatic carbocycles. The van der Waals surface area contributed by atoms with Gasteiger partial charge < -0.3 is 10.3 Å². The largest absolute Gasteiger partial charge is 0.347 e. The summed E-state index contributed by atoms with van der Waals surface area (Å²) in [5.41, 5.74) is 0.371. The van der Waals surface area contributed by atoms with Gasteiger partial charge in [0.15, 0.2) is 0 Å². The van der Waals surface area contributed by atoms with Crippen LogP contribution in [0.25, 0.3) is 0 Å². The number of carbonyl (C=O) groups excluding carboxylic acids is 1. The van der Waals surface area contributed by atoms with Gasteiger partial charge in [0.05, 0.1) is 6.20 Å². The zero-order chi connectivity index (χ0) is 13.0. The highest BCUT2D eigenvalue weighted by Crippen LogP contribution is 2.03. The van der Waals surface area contributed by atoms with Crippen molar-refractivity contribution < 1.29 is 9.18 Å². The Morgan fingerprint density at radius 1 is 1.44 bits per heavy atom. The van der Waals surface area contributed by atoms with Crippen LogP contribution < -0.4 is 10.9 Å². The van der Waals surface area contributed by atoms with Gasteiger partial charge in [0.2, 0.25) is 0 Å². The molecule has 0 spiro atoms. The molecule has 0 fully saturated rings. The van der Waals surface area contributed by atoms with E-state index in [9.17, 15) is 14.0 Å². The van der Waals surface area contributed by atoms with Gasteiger partial charge >= 0.3 is 0 Å². The van der Waals surface area contributed by atoms with Gasteiger partial charge in [-0.05, 0) is 17.7 Å². The Kier molecular flexibility index (Phi) is 3.47. The van der Waals surface area contributed by atoms with Crippen molar-refractivity contribution >= 4 is 5.91 Å². The summed E-state index contributed by atoms with van der Waals surface area (Å²) in [5.74, 6) is -0.792. The van der Waals surface area contributed by atoms with E-state index in [1.165, 1.54) is 18.3 Å². The van der Waals surface area contributed by atoms with Crippen LogP contribution in [0.1, 0.15) is 16.1 Å². The average molecular weight is 247 g/mol. The molecule has 0 radical (unpaired) electrons. The second-order valence-electron chi connectivity index (χ2n) is 3.61. The third-order valence-electron chi connectivity index (χ3n) is 2.25. The molecule has 0 bridgehead atoms. The molecule has 1 amide bonds. The Morgan fingerprint density at radius 3 is 2.94 bits per heavy atom. The molecular weight excluding hydrogens is 237 g/mol. The molecular formula is C12H10FN3O2. The average Bonchev–Trinajstić information content (AvgIpc) is 2.37. The van der Waals surface area contributed by atoms with Crippen LogP contribution in [0.3, 0.4) is 0 Å². The van der Waals surface area contributed by atoms with Crippen molar-refractivity contribution in [1.82, 2.24) is 15.3 Å². The molecule has 2 N–H and O–H groups in total. The third kappa shape index (κ3) is 3.00. The first-order valence-corrected chi connectivity index (χ1v) is 5.22. The summed E-state index contributed by atoms with van der Waals surface area (Å²) in [7, 11) is 0. The summed E-state index contributed by atoms with van der Waals surface area (Å²) in [4.78, 5) is 28.4. The van der Waals surface area contributed by atoms with E-state index in [1.54, 1.807) is 12.1 Å². The molecule has 5 nitrogen and oxygen atoms in total. The van der Waals surface area contributed by atoms with E-state index in [0.29, 0.717) is 5.56 Å². The summed E-state index contributed by atoms with van der Waals surface area (Å²) >= 11 is 0. The van der Waals surface area contributed by atoms with Gasteiger partial charge in [-0.3, -0.25) is 9.59 Å². The van der Waals surface area contributed by atoms with Gasteiger partial charge in [0.25, 0.3) is 11.5 Å². The van der Waals surface area contributed by atoms with Crippen LogP contribution in [0, 0.1) is 5.82 Å². The lowest BCUT2D eigenvalue weighted by atomic mass is 10.2. The molecule has 0 saturated heterocycles. The Balaban J connectivity index is 2.00. The first kappa shape index (κ1) is 12.0. The lowest BCUT2D eigenvalue weighted by Crippen LogP contribution is -2.25. The van der Waals surface area contributed by atoms with E-state index in [0.717, 1.165) is 6.20 Å². The summed E-state index contributed by atoms with van der Waals surface area (Å²) in [6.07, 6.45) is 2.25. The first-order valence-electron chi connectivity index (χ1n) is 5.22. The number of benzene rings is 1. The summed E-state index contributed by atoms with van der Waals surface area (Å²) in [6, 6.07) is 5.92. The number of nitrogens with one attached hydrogen (secondary N) is 2. The molecule has 0 aliphatic rings. The SMILES string of the molecule is O=C(NCc1cccc(F)c1)c1c[nH]c(=O)cn1. The van der Waals surface area contributed by atoms with Crippen molar-refractivity contribution in [2.75, 3.05) is 0 Å². The topological polar surface area (TPSA) is 74.8 Å². The van der Waals surface area contributed by atoms with Crippen molar-refractivity contribution in [2.24, 2.45) is 0 Å². The van der Waals surface area contributed by atoms with Crippen LogP contribution in [-0.4, -0.2) is 15.9 Å². The first-order chi connectivity index (χ1) is 8.65. The Morgan fingerprint density at radius 2 is 2.28 bits per heavy atom. The minimum absolute atomic E-state index is 0.103. The lowest BCUT2D eigenvalue weighted by Gasteiger charge is -2.04. The number of aromatic nitrogens is 2. The number of rotatable bonds is 3. The summed E-state index contributed by atoms with van der Waals surface area (Å²) in [6.45, 7) is 0.192. The minimum Gasteiger partial charge on any atom is -0.347 e. The Bertz CT molecular complexity index is 604. The monoisotopic (exact) mass is 247 g/mol. The fraction of sp³-hybridized carbons (Fsp3) is 0.0833. The molecule has 92 valence electrons. The lowest BCUT2D eigenvalue weighted by molar-refractivity contribution is 0.0945. The number of amides is 1. The predicted octanol–water partition coefficient (Wildman–Crippen LogP) is 0.839. The van der Waals surface area contributed by atoms with Crippen LogP contribution >= 0.6 is 0 Å². The number of hydrogen-bond acceptors (Lipinski definition) is 3. The molecule has 2 aromatic rings. The molecule has 2 rings (SSSR count). The number of carbonyl (C=O) groups is 1. The molecule has 0 atom stereocenters. The summed E-state index contributed by atoms with van der Waals surface area (Å²) < 4.78 is 12.9. The third-order valence-corrected chi connectivity index (χ3v) is 2.25. The van der Waals surface area contributed by atoms with Gasteiger partial charge in [-0.1, -0.05) is 12.1 Å². The zero-order valence-electron chi connectivity index (χ0n) is 9.31. The smallest absolute Gasteiger partial charge is 0.271 e. The van der Waals surface area contributed by atoms with E-state index >= 15 is 0 Å². The second-order valence-corrected chi connectivity index (χ2v) is 3.61. The van der Waals surface area contributed by atoms with Crippen LogP contribution in [0.15, 0.2) is 41.5 Å². The van der Waals surface area contributed by atoms with E-state index < -0.39 is 5.91 Å². The molecule has 0 unspecified atom stereocenters. The zero-order valence-corrected chi connectivity index (χ0v) is 9.31. The second kappa shape index (κ2) is 5.22. The molecule has 0 aliphatic heterocycles. The van der Waals surface area contributed by atoms with Crippen molar-refractivity contribution in [2.45, 2.75) is 6.54 Å². The van der Waals surface area contributed by atoms with Crippen LogP contribution in [0.4, 0.5) is 4.39 Å². The summed E-state index contributed by atoms with van der Waals surface area (Å²) in [5, 5.41) is 2.57. The van der Waals surface area contributed by atoms with Gasteiger partial charge in [-0.2, -0.15) is 0 Å². The van der Waals surface area contributed by atoms with Crippen LogP contribution in [-0.2, 0) is 6.54 Å². The van der Waals surface area contributed by atoms with Crippen molar-refractivity contribution in [3.05, 3.63) is 64.1 Å². The molecule has 6 heteroatoms. The molecule has 0 saturated carbocycles. The highest BCUT2D eigenvalue weighted by atomic mass is 19.1. The fourth-order valence-corrected chi connectivity index (χ4v) is 1.39. The van der Waals surface area contributed by atoms with Crippen LogP contribution in [0.5, 0.6) is 0 Å². The Labute approximate surface area is 102 Å². The number of hydrogen-bond donors (Lipinski definition) is 2. The number of aromatic amines is 1. The normalized spacial score (nSPS) is 10.1. The Hall–Kier alpha value is -2.50. The van der Waals surface area contributed by atoms with Gasteiger partial charge in [0, 0.05) is 12.7 Å². The van der Waals surface area contributed by atoms with Gasteiger partial charge in [0.1, 0.15) is 11.5 Å². The molecule has 18 heavy (non-hydrogen) atoms. The van der Waals surface area contributed by atoms with E-state index in [4.69, 9.17) is 0 Å². The molecule has 0 aliphatic carbocycles. The number of H-pyrrole nitrogens is 1. The van der Waals surface area contributed by atoms with Gasteiger partial charge in [-0.15, -0.1) is 0 Å². The highest BCUT2D eigenvalue weighted by molar-refractivity contribution is 5.91. The highest BCUT2D eigenvalue weighted by Gasteiger charge is 2.06. The standard InChI is InChI=1S/C12H10FN3O2/c13-9-3-1-2-8(4-9)5-16-12(18)10-6-15-11(17)7-14-10/h1-4,6-7H,5H2,(H,15,17)(H,16,18). The van der Waals surface area contributed by atoms with E-state index in [-0.39, 0.29) is 23.6 Å². The number of nitrogens with zero attached hydrogens (tertiary/aromatic N) is 1.